The Bertz CT molecular complexity index is 201. The third-order valence-corrected chi connectivity index (χ3v) is 2.30. The molecule has 1 fully saturated rings. The lowest BCUT2D eigenvalue weighted by Gasteiger charge is -2.22. The number of rotatable bonds is 5. The van der Waals surface area contributed by atoms with Crippen molar-refractivity contribution < 1.29 is 19.4 Å². The van der Waals surface area contributed by atoms with Gasteiger partial charge in [0.05, 0.1) is 13.2 Å². The first kappa shape index (κ1) is 11.4. The molecule has 2 N–H and O–H groups in total. The molecule has 0 spiro atoms. The van der Waals surface area contributed by atoms with Crippen molar-refractivity contribution in [3.8, 4) is 0 Å². The fourth-order valence-corrected chi connectivity index (χ4v) is 1.30. The van der Waals surface area contributed by atoms with Gasteiger partial charge in [0.15, 0.2) is 5.79 Å². The molecule has 5 heteroatoms. The Balaban J connectivity index is 2.17. The standard InChI is InChI=1S/C9H17NO4/c1-7(8(11)12)10-4-3-9(2)13-5-6-14-9/h7,10H,3-6H2,1-2H3,(H,11,12). The first-order chi connectivity index (χ1) is 6.53. The topological polar surface area (TPSA) is 67.8 Å². The number of nitrogens with one attached hydrogen (secondary N) is 1. The van der Waals surface area contributed by atoms with Crippen LogP contribution in [0.3, 0.4) is 0 Å². The number of hydrogen-bond donors (Lipinski definition) is 2. The molecule has 0 bridgehead atoms. The molecule has 1 saturated heterocycles. The third-order valence-electron chi connectivity index (χ3n) is 2.30. The van der Waals surface area contributed by atoms with Crippen LogP contribution in [-0.4, -0.2) is 42.7 Å². The van der Waals surface area contributed by atoms with Crippen molar-refractivity contribution in [2.24, 2.45) is 0 Å². The fraction of sp³-hybridized carbons (Fsp3) is 0.889. The normalized spacial score (nSPS) is 22.1. The summed E-state index contributed by atoms with van der Waals surface area (Å²) in [5, 5.41) is 11.5. The molecule has 0 aromatic carbocycles. The Labute approximate surface area is 83.4 Å². The molecule has 0 aromatic rings. The van der Waals surface area contributed by atoms with E-state index in [2.05, 4.69) is 5.32 Å². The van der Waals surface area contributed by atoms with Crippen LogP contribution in [0.25, 0.3) is 0 Å². The van der Waals surface area contributed by atoms with Crippen LogP contribution in [-0.2, 0) is 14.3 Å². The molecular weight excluding hydrogens is 186 g/mol. The second-order valence-electron chi connectivity index (χ2n) is 3.59. The van der Waals surface area contributed by atoms with Crippen LogP contribution in [0, 0.1) is 0 Å². The largest absolute Gasteiger partial charge is 0.480 e. The molecular formula is C9H17NO4. The van der Waals surface area contributed by atoms with Gasteiger partial charge in [-0.05, 0) is 13.8 Å². The number of aliphatic carboxylic acids is 1. The van der Waals surface area contributed by atoms with Gasteiger partial charge in [-0.2, -0.15) is 0 Å². The molecule has 1 aliphatic rings. The number of carboxylic acid groups (broad SMARTS) is 1. The Morgan fingerprint density at radius 3 is 2.64 bits per heavy atom. The third kappa shape index (κ3) is 3.25. The van der Waals surface area contributed by atoms with Crippen LogP contribution in [0.5, 0.6) is 0 Å². The van der Waals surface area contributed by atoms with E-state index in [1.165, 1.54) is 0 Å². The van der Waals surface area contributed by atoms with E-state index in [1.54, 1.807) is 6.92 Å². The van der Waals surface area contributed by atoms with Crippen molar-refractivity contribution in [1.82, 2.24) is 5.32 Å². The molecule has 0 radical (unpaired) electrons. The highest BCUT2D eigenvalue weighted by Gasteiger charge is 2.30. The molecule has 1 rings (SSSR count). The summed E-state index contributed by atoms with van der Waals surface area (Å²) in [5.41, 5.74) is 0. The zero-order valence-electron chi connectivity index (χ0n) is 8.58. The Hall–Kier alpha value is -0.650. The van der Waals surface area contributed by atoms with Crippen molar-refractivity contribution in [3.05, 3.63) is 0 Å². The summed E-state index contributed by atoms with van der Waals surface area (Å²) >= 11 is 0. The first-order valence-corrected chi connectivity index (χ1v) is 4.78. The van der Waals surface area contributed by atoms with Crippen molar-refractivity contribution in [3.63, 3.8) is 0 Å². The van der Waals surface area contributed by atoms with Gasteiger partial charge in [0.2, 0.25) is 0 Å². The Kier molecular flexibility index (Phi) is 3.86. The van der Waals surface area contributed by atoms with Gasteiger partial charge in [0, 0.05) is 13.0 Å². The van der Waals surface area contributed by atoms with Gasteiger partial charge in [0.25, 0.3) is 0 Å². The van der Waals surface area contributed by atoms with E-state index in [4.69, 9.17) is 14.6 Å². The zero-order chi connectivity index (χ0) is 10.6. The van der Waals surface area contributed by atoms with E-state index in [-0.39, 0.29) is 0 Å². The van der Waals surface area contributed by atoms with E-state index < -0.39 is 17.8 Å². The number of carboxylic acids is 1. The highest BCUT2D eigenvalue weighted by Crippen LogP contribution is 2.21. The van der Waals surface area contributed by atoms with Gasteiger partial charge in [0.1, 0.15) is 6.04 Å². The highest BCUT2D eigenvalue weighted by molar-refractivity contribution is 5.72. The smallest absolute Gasteiger partial charge is 0.320 e. The SMILES string of the molecule is CC(NCCC1(C)OCCO1)C(=O)O. The van der Waals surface area contributed by atoms with E-state index >= 15 is 0 Å². The zero-order valence-corrected chi connectivity index (χ0v) is 8.58. The van der Waals surface area contributed by atoms with E-state index in [0.29, 0.717) is 26.2 Å². The average Bonchev–Trinajstić information content (AvgIpc) is 2.52. The lowest BCUT2D eigenvalue weighted by atomic mass is 10.2. The second-order valence-corrected chi connectivity index (χ2v) is 3.59. The summed E-state index contributed by atoms with van der Waals surface area (Å²) in [7, 11) is 0. The summed E-state index contributed by atoms with van der Waals surface area (Å²) in [6.45, 7) is 5.29. The van der Waals surface area contributed by atoms with E-state index in [0.717, 1.165) is 0 Å². The first-order valence-electron chi connectivity index (χ1n) is 4.78. The minimum absolute atomic E-state index is 0.528. The maximum Gasteiger partial charge on any atom is 0.320 e. The number of hydrogen-bond acceptors (Lipinski definition) is 4. The van der Waals surface area contributed by atoms with Crippen molar-refractivity contribution in [2.45, 2.75) is 32.1 Å². The van der Waals surface area contributed by atoms with E-state index in [9.17, 15) is 4.79 Å². The minimum Gasteiger partial charge on any atom is -0.480 e. The molecule has 5 nitrogen and oxygen atoms in total. The van der Waals surface area contributed by atoms with E-state index in [1.807, 2.05) is 6.92 Å². The highest BCUT2D eigenvalue weighted by atomic mass is 16.7. The maximum atomic E-state index is 10.5. The molecule has 0 aliphatic carbocycles. The predicted octanol–water partition coefficient (Wildman–Crippen LogP) is 0.202. The van der Waals surface area contributed by atoms with Crippen LogP contribution in [0.2, 0.25) is 0 Å². The monoisotopic (exact) mass is 203 g/mol. The van der Waals surface area contributed by atoms with Gasteiger partial charge in [-0.25, -0.2) is 0 Å². The Morgan fingerprint density at radius 2 is 2.14 bits per heavy atom. The number of ether oxygens (including phenoxy) is 2. The van der Waals surface area contributed by atoms with Crippen molar-refractivity contribution >= 4 is 5.97 Å². The summed E-state index contributed by atoms with van der Waals surface area (Å²) in [6.07, 6.45) is 0.657. The molecule has 1 aliphatic heterocycles. The van der Waals surface area contributed by atoms with Gasteiger partial charge in [-0.3, -0.25) is 4.79 Å². The maximum absolute atomic E-state index is 10.5. The summed E-state index contributed by atoms with van der Waals surface area (Å²) in [4.78, 5) is 10.5. The lowest BCUT2D eigenvalue weighted by Crippen LogP contribution is -2.38. The minimum atomic E-state index is -0.844. The van der Waals surface area contributed by atoms with Gasteiger partial charge < -0.3 is 19.9 Å². The quantitative estimate of drug-likeness (QED) is 0.668. The molecule has 0 aromatic heterocycles. The van der Waals surface area contributed by atoms with Crippen LogP contribution in [0.15, 0.2) is 0 Å². The van der Waals surface area contributed by atoms with Crippen LogP contribution in [0.1, 0.15) is 20.3 Å². The molecule has 82 valence electrons. The van der Waals surface area contributed by atoms with Crippen molar-refractivity contribution in [2.75, 3.05) is 19.8 Å². The van der Waals surface area contributed by atoms with Crippen LogP contribution in [0.4, 0.5) is 0 Å². The molecule has 0 saturated carbocycles. The van der Waals surface area contributed by atoms with Crippen LogP contribution >= 0.6 is 0 Å². The van der Waals surface area contributed by atoms with Crippen LogP contribution < -0.4 is 5.32 Å². The summed E-state index contributed by atoms with van der Waals surface area (Å²) in [5.74, 6) is -1.38. The average molecular weight is 203 g/mol. The molecule has 1 unspecified atom stereocenters. The Morgan fingerprint density at radius 1 is 1.57 bits per heavy atom. The fourth-order valence-electron chi connectivity index (χ4n) is 1.30. The van der Waals surface area contributed by atoms with Gasteiger partial charge >= 0.3 is 5.97 Å². The van der Waals surface area contributed by atoms with Gasteiger partial charge in [-0.15, -0.1) is 0 Å². The molecule has 1 heterocycles. The summed E-state index contributed by atoms with van der Waals surface area (Å²) < 4.78 is 10.7. The van der Waals surface area contributed by atoms with Crippen molar-refractivity contribution in [1.29, 1.82) is 0 Å². The molecule has 14 heavy (non-hydrogen) atoms. The predicted molar refractivity (Wildman–Crippen MR) is 50.0 cm³/mol. The number of carbonyl (C=O) groups is 1. The molecule has 0 amide bonds. The summed E-state index contributed by atoms with van der Waals surface area (Å²) in [6, 6.07) is -0.528. The second kappa shape index (κ2) is 4.72. The lowest BCUT2D eigenvalue weighted by molar-refractivity contribution is -0.147. The molecule has 1 atom stereocenters. The van der Waals surface area contributed by atoms with Gasteiger partial charge in [-0.1, -0.05) is 0 Å².